The number of methoxy groups -OCH3 is 1. The Balaban J connectivity index is 2.71. The van der Waals surface area contributed by atoms with Crippen LogP contribution in [-0.2, 0) is 11.2 Å². The molecule has 0 amide bonds. The second kappa shape index (κ2) is 6.89. The van der Waals surface area contributed by atoms with E-state index < -0.39 is 0 Å². The zero-order valence-corrected chi connectivity index (χ0v) is 10.9. The maximum absolute atomic E-state index is 6.15. The Labute approximate surface area is 103 Å². The lowest BCUT2D eigenvalue weighted by atomic mass is 10.0. The Bertz CT molecular complexity index is 317. The SMILES string of the molecule is CCNC(Cc1ccccc1Cl)C(C)OC. The number of benzene rings is 1. The molecule has 1 aromatic carbocycles. The van der Waals surface area contributed by atoms with Gasteiger partial charge in [0.1, 0.15) is 0 Å². The predicted molar refractivity (Wildman–Crippen MR) is 69.1 cm³/mol. The molecule has 0 aliphatic heterocycles. The van der Waals surface area contributed by atoms with Gasteiger partial charge in [-0.3, -0.25) is 0 Å². The van der Waals surface area contributed by atoms with Gasteiger partial charge in [0.15, 0.2) is 0 Å². The Morgan fingerprint density at radius 2 is 2.06 bits per heavy atom. The molecule has 1 N–H and O–H groups in total. The van der Waals surface area contributed by atoms with Gasteiger partial charge in [-0.05, 0) is 31.5 Å². The van der Waals surface area contributed by atoms with Crippen LogP contribution in [0.15, 0.2) is 24.3 Å². The number of rotatable bonds is 6. The molecule has 3 heteroatoms. The number of likely N-dealkylation sites (N-methyl/N-ethyl adjacent to an activating group) is 1. The Kier molecular flexibility index (Phi) is 5.81. The molecule has 0 bridgehead atoms. The van der Waals surface area contributed by atoms with E-state index in [1.54, 1.807) is 7.11 Å². The van der Waals surface area contributed by atoms with Crippen LogP contribution in [0.4, 0.5) is 0 Å². The van der Waals surface area contributed by atoms with E-state index in [0.717, 1.165) is 18.0 Å². The van der Waals surface area contributed by atoms with E-state index in [4.69, 9.17) is 16.3 Å². The standard InChI is InChI=1S/C13H20ClNO/c1-4-15-13(10(2)16-3)9-11-7-5-6-8-12(11)14/h5-8,10,13,15H,4,9H2,1-3H3. The van der Waals surface area contributed by atoms with Crippen molar-refractivity contribution in [3.63, 3.8) is 0 Å². The molecule has 2 nitrogen and oxygen atoms in total. The lowest BCUT2D eigenvalue weighted by Crippen LogP contribution is -2.41. The molecule has 1 rings (SSSR count). The van der Waals surface area contributed by atoms with Gasteiger partial charge in [-0.2, -0.15) is 0 Å². The third-order valence-electron chi connectivity index (χ3n) is 2.80. The molecule has 0 radical (unpaired) electrons. The Hall–Kier alpha value is -0.570. The van der Waals surface area contributed by atoms with Crippen LogP contribution in [0.1, 0.15) is 19.4 Å². The number of hydrogen-bond acceptors (Lipinski definition) is 2. The Morgan fingerprint density at radius 3 is 2.62 bits per heavy atom. The van der Waals surface area contributed by atoms with Crippen molar-refractivity contribution in [1.82, 2.24) is 5.32 Å². The van der Waals surface area contributed by atoms with E-state index in [0.29, 0.717) is 6.04 Å². The zero-order valence-electron chi connectivity index (χ0n) is 10.2. The zero-order chi connectivity index (χ0) is 12.0. The second-order valence-corrected chi connectivity index (χ2v) is 4.31. The first-order valence-electron chi connectivity index (χ1n) is 5.68. The van der Waals surface area contributed by atoms with Gasteiger partial charge < -0.3 is 10.1 Å². The fraction of sp³-hybridized carbons (Fsp3) is 0.538. The topological polar surface area (TPSA) is 21.3 Å². The Morgan fingerprint density at radius 1 is 1.38 bits per heavy atom. The molecular formula is C13H20ClNO. The van der Waals surface area contributed by atoms with E-state index in [1.165, 1.54) is 5.56 Å². The highest BCUT2D eigenvalue weighted by Gasteiger charge is 2.17. The summed E-state index contributed by atoms with van der Waals surface area (Å²) in [5, 5.41) is 4.25. The van der Waals surface area contributed by atoms with Crippen molar-refractivity contribution in [3.8, 4) is 0 Å². The molecule has 1 aromatic rings. The largest absolute Gasteiger partial charge is 0.380 e. The molecule has 16 heavy (non-hydrogen) atoms. The van der Waals surface area contributed by atoms with Gasteiger partial charge in [0, 0.05) is 18.2 Å². The molecule has 0 heterocycles. The van der Waals surface area contributed by atoms with Crippen LogP contribution in [0.25, 0.3) is 0 Å². The summed E-state index contributed by atoms with van der Waals surface area (Å²) in [7, 11) is 1.74. The molecule has 0 fully saturated rings. The van der Waals surface area contributed by atoms with E-state index >= 15 is 0 Å². The highest BCUT2D eigenvalue weighted by molar-refractivity contribution is 6.31. The molecule has 2 atom stereocenters. The van der Waals surface area contributed by atoms with Crippen molar-refractivity contribution in [2.24, 2.45) is 0 Å². The summed E-state index contributed by atoms with van der Waals surface area (Å²) < 4.78 is 5.37. The monoisotopic (exact) mass is 241 g/mol. The van der Waals surface area contributed by atoms with Gasteiger partial charge in [0.05, 0.1) is 6.10 Å². The first-order chi connectivity index (χ1) is 7.69. The normalized spacial score (nSPS) is 14.8. The van der Waals surface area contributed by atoms with Crippen molar-refractivity contribution in [2.75, 3.05) is 13.7 Å². The summed E-state index contributed by atoms with van der Waals surface area (Å²) in [6.07, 6.45) is 1.07. The average molecular weight is 242 g/mol. The third-order valence-corrected chi connectivity index (χ3v) is 3.17. The van der Waals surface area contributed by atoms with Crippen LogP contribution >= 0.6 is 11.6 Å². The third kappa shape index (κ3) is 3.78. The van der Waals surface area contributed by atoms with E-state index in [-0.39, 0.29) is 6.10 Å². The van der Waals surface area contributed by atoms with Gasteiger partial charge in [-0.15, -0.1) is 0 Å². The van der Waals surface area contributed by atoms with Gasteiger partial charge in [0.2, 0.25) is 0 Å². The number of halogens is 1. The maximum Gasteiger partial charge on any atom is 0.0699 e. The molecule has 0 aliphatic rings. The summed E-state index contributed by atoms with van der Waals surface area (Å²) in [4.78, 5) is 0. The predicted octanol–water partition coefficient (Wildman–Crippen LogP) is 2.90. The van der Waals surface area contributed by atoms with Crippen molar-refractivity contribution in [2.45, 2.75) is 32.4 Å². The first-order valence-corrected chi connectivity index (χ1v) is 6.06. The van der Waals surface area contributed by atoms with Gasteiger partial charge in [0.25, 0.3) is 0 Å². The van der Waals surface area contributed by atoms with Crippen LogP contribution in [-0.4, -0.2) is 25.8 Å². The molecule has 0 aromatic heterocycles. The van der Waals surface area contributed by atoms with Crippen molar-refractivity contribution in [1.29, 1.82) is 0 Å². The smallest absolute Gasteiger partial charge is 0.0699 e. The average Bonchev–Trinajstić information content (AvgIpc) is 2.30. The van der Waals surface area contributed by atoms with Crippen molar-refractivity contribution in [3.05, 3.63) is 34.9 Å². The van der Waals surface area contributed by atoms with E-state index in [2.05, 4.69) is 25.2 Å². The van der Waals surface area contributed by atoms with Crippen LogP contribution in [0.5, 0.6) is 0 Å². The van der Waals surface area contributed by atoms with Gasteiger partial charge in [-0.1, -0.05) is 36.7 Å². The lowest BCUT2D eigenvalue weighted by molar-refractivity contribution is 0.0836. The molecule has 0 spiro atoms. The van der Waals surface area contributed by atoms with Gasteiger partial charge >= 0.3 is 0 Å². The number of ether oxygens (including phenoxy) is 1. The minimum atomic E-state index is 0.177. The first kappa shape index (κ1) is 13.5. The maximum atomic E-state index is 6.15. The summed E-state index contributed by atoms with van der Waals surface area (Å²) in [5.74, 6) is 0. The molecular weight excluding hydrogens is 222 g/mol. The number of hydrogen-bond donors (Lipinski definition) is 1. The molecule has 0 saturated carbocycles. The molecule has 0 aliphatic carbocycles. The quantitative estimate of drug-likeness (QED) is 0.827. The van der Waals surface area contributed by atoms with Crippen molar-refractivity contribution >= 4 is 11.6 Å². The fourth-order valence-corrected chi connectivity index (χ4v) is 1.94. The highest BCUT2D eigenvalue weighted by atomic mass is 35.5. The van der Waals surface area contributed by atoms with E-state index in [9.17, 15) is 0 Å². The molecule has 0 saturated heterocycles. The molecule has 2 unspecified atom stereocenters. The minimum absolute atomic E-state index is 0.177. The summed E-state index contributed by atoms with van der Waals surface area (Å²) in [5.41, 5.74) is 1.17. The van der Waals surface area contributed by atoms with Gasteiger partial charge in [-0.25, -0.2) is 0 Å². The van der Waals surface area contributed by atoms with Crippen LogP contribution in [0.2, 0.25) is 5.02 Å². The van der Waals surface area contributed by atoms with E-state index in [1.807, 2.05) is 18.2 Å². The molecule has 90 valence electrons. The lowest BCUT2D eigenvalue weighted by Gasteiger charge is -2.24. The van der Waals surface area contributed by atoms with Crippen LogP contribution in [0, 0.1) is 0 Å². The fourth-order valence-electron chi connectivity index (χ4n) is 1.73. The van der Waals surface area contributed by atoms with Crippen LogP contribution < -0.4 is 5.32 Å². The van der Waals surface area contributed by atoms with Crippen molar-refractivity contribution < 1.29 is 4.74 Å². The second-order valence-electron chi connectivity index (χ2n) is 3.90. The summed E-state index contributed by atoms with van der Waals surface area (Å²) in [6, 6.07) is 8.26. The number of nitrogens with one attached hydrogen (secondary N) is 1. The summed E-state index contributed by atoms with van der Waals surface area (Å²) in [6.45, 7) is 5.11. The minimum Gasteiger partial charge on any atom is -0.380 e. The summed E-state index contributed by atoms with van der Waals surface area (Å²) >= 11 is 6.15. The highest BCUT2D eigenvalue weighted by Crippen LogP contribution is 2.18. The van der Waals surface area contributed by atoms with Crippen LogP contribution in [0.3, 0.4) is 0 Å².